The average molecular weight is 306 g/mol. The predicted octanol–water partition coefficient (Wildman–Crippen LogP) is 3.82. The van der Waals surface area contributed by atoms with E-state index in [-0.39, 0.29) is 17.2 Å². The lowest BCUT2D eigenvalue weighted by molar-refractivity contribution is -0.120. The molecule has 1 amide bonds. The highest BCUT2D eigenvalue weighted by Gasteiger charge is 2.17. The van der Waals surface area contributed by atoms with E-state index >= 15 is 0 Å². The van der Waals surface area contributed by atoms with E-state index in [1.165, 1.54) is 11.8 Å². The summed E-state index contributed by atoms with van der Waals surface area (Å²) in [6.07, 6.45) is 0. The lowest BCUT2D eigenvalue weighted by Gasteiger charge is -2.12. The van der Waals surface area contributed by atoms with Gasteiger partial charge in [0.2, 0.25) is 5.91 Å². The number of hydrogen-bond donors (Lipinski definition) is 1. The SMILES string of the molecule is CC(C)NC(=O)C(C)Sc1nc(-c2ccccc2)cs1. The minimum Gasteiger partial charge on any atom is -0.353 e. The van der Waals surface area contributed by atoms with E-state index in [0.717, 1.165) is 15.6 Å². The zero-order valence-electron chi connectivity index (χ0n) is 11.8. The van der Waals surface area contributed by atoms with Crippen molar-refractivity contribution in [3.63, 3.8) is 0 Å². The lowest BCUT2D eigenvalue weighted by atomic mass is 10.2. The summed E-state index contributed by atoms with van der Waals surface area (Å²) in [6.45, 7) is 5.84. The number of benzene rings is 1. The van der Waals surface area contributed by atoms with E-state index in [4.69, 9.17) is 0 Å². The van der Waals surface area contributed by atoms with Crippen molar-refractivity contribution in [1.29, 1.82) is 0 Å². The van der Waals surface area contributed by atoms with E-state index in [2.05, 4.69) is 10.3 Å². The number of nitrogens with zero attached hydrogens (tertiary/aromatic N) is 1. The fourth-order valence-corrected chi connectivity index (χ4v) is 3.64. The maximum Gasteiger partial charge on any atom is 0.233 e. The molecule has 2 aromatic rings. The Morgan fingerprint density at radius 1 is 1.25 bits per heavy atom. The van der Waals surface area contributed by atoms with Gasteiger partial charge in [0.15, 0.2) is 4.34 Å². The lowest BCUT2D eigenvalue weighted by Crippen LogP contribution is -2.35. The molecule has 0 aliphatic rings. The van der Waals surface area contributed by atoms with Gasteiger partial charge in [0, 0.05) is 17.0 Å². The van der Waals surface area contributed by atoms with Crippen LogP contribution in [0, 0.1) is 0 Å². The smallest absolute Gasteiger partial charge is 0.233 e. The van der Waals surface area contributed by atoms with Crippen LogP contribution < -0.4 is 5.32 Å². The average Bonchev–Trinajstić information content (AvgIpc) is 2.87. The fraction of sp³-hybridized carbons (Fsp3) is 0.333. The molecule has 0 aliphatic carbocycles. The first-order valence-electron chi connectivity index (χ1n) is 6.54. The van der Waals surface area contributed by atoms with Crippen molar-refractivity contribution >= 4 is 29.0 Å². The van der Waals surface area contributed by atoms with E-state index in [1.54, 1.807) is 11.3 Å². The Bertz CT molecular complexity index is 566. The molecule has 1 unspecified atom stereocenters. The van der Waals surface area contributed by atoms with E-state index in [0.29, 0.717) is 0 Å². The minimum absolute atomic E-state index is 0.0569. The summed E-state index contributed by atoms with van der Waals surface area (Å²) in [6, 6.07) is 10.2. The summed E-state index contributed by atoms with van der Waals surface area (Å²) in [5.74, 6) is 0.0569. The normalized spacial score (nSPS) is 12.4. The second-order valence-corrected chi connectivity index (χ2v) is 7.23. The fourth-order valence-electron chi connectivity index (χ4n) is 1.66. The predicted molar refractivity (Wildman–Crippen MR) is 86.1 cm³/mol. The van der Waals surface area contributed by atoms with Crippen LogP contribution in [0.5, 0.6) is 0 Å². The maximum absolute atomic E-state index is 11.9. The molecule has 0 saturated carbocycles. The first-order valence-corrected chi connectivity index (χ1v) is 8.30. The van der Waals surface area contributed by atoms with E-state index in [1.807, 2.05) is 56.5 Å². The van der Waals surface area contributed by atoms with Crippen molar-refractivity contribution in [1.82, 2.24) is 10.3 Å². The van der Waals surface area contributed by atoms with Gasteiger partial charge in [-0.15, -0.1) is 11.3 Å². The molecule has 20 heavy (non-hydrogen) atoms. The molecule has 1 N–H and O–H groups in total. The van der Waals surface area contributed by atoms with Crippen molar-refractivity contribution in [3.05, 3.63) is 35.7 Å². The van der Waals surface area contributed by atoms with Crippen LogP contribution in [0.3, 0.4) is 0 Å². The summed E-state index contributed by atoms with van der Waals surface area (Å²) in [7, 11) is 0. The molecule has 1 aromatic heterocycles. The molecule has 3 nitrogen and oxygen atoms in total. The van der Waals surface area contributed by atoms with Gasteiger partial charge in [0.1, 0.15) is 0 Å². The third kappa shape index (κ3) is 4.08. The molecule has 1 heterocycles. The Morgan fingerprint density at radius 2 is 1.95 bits per heavy atom. The maximum atomic E-state index is 11.9. The highest BCUT2D eigenvalue weighted by Crippen LogP contribution is 2.30. The zero-order valence-corrected chi connectivity index (χ0v) is 13.4. The van der Waals surface area contributed by atoms with Gasteiger partial charge in [-0.2, -0.15) is 0 Å². The van der Waals surface area contributed by atoms with Crippen LogP contribution in [0.15, 0.2) is 40.1 Å². The van der Waals surface area contributed by atoms with Gasteiger partial charge >= 0.3 is 0 Å². The molecule has 2 rings (SSSR count). The highest BCUT2D eigenvalue weighted by atomic mass is 32.2. The van der Waals surface area contributed by atoms with Crippen LogP contribution in [0.1, 0.15) is 20.8 Å². The number of aromatic nitrogens is 1. The molecule has 0 radical (unpaired) electrons. The van der Waals surface area contributed by atoms with Gasteiger partial charge in [-0.1, -0.05) is 42.1 Å². The molecule has 106 valence electrons. The molecular weight excluding hydrogens is 288 g/mol. The van der Waals surface area contributed by atoms with Gasteiger partial charge in [0.05, 0.1) is 10.9 Å². The van der Waals surface area contributed by atoms with Crippen LogP contribution in [-0.2, 0) is 4.79 Å². The Kier molecular flexibility index (Phi) is 5.20. The van der Waals surface area contributed by atoms with Gasteiger partial charge in [0.25, 0.3) is 0 Å². The van der Waals surface area contributed by atoms with Crippen LogP contribution in [0.4, 0.5) is 0 Å². The third-order valence-corrected chi connectivity index (χ3v) is 4.70. The van der Waals surface area contributed by atoms with Crippen molar-refractivity contribution in [3.8, 4) is 11.3 Å². The molecule has 0 bridgehead atoms. The van der Waals surface area contributed by atoms with Crippen LogP contribution in [0.25, 0.3) is 11.3 Å². The van der Waals surface area contributed by atoms with Crippen LogP contribution in [0.2, 0.25) is 0 Å². The van der Waals surface area contributed by atoms with Crippen LogP contribution in [-0.4, -0.2) is 22.2 Å². The van der Waals surface area contributed by atoms with Crippen molar-refractivity contribution < 1.29 is 4.79 Å². The number of hydrogen-bond acceptors (Lipinski definition) is 4. The zero-order chi connectivity index (χ0) is 14.5. The number of thioether (sulfide) groups is 1. The van der Waals surface area contributed by atoms with Gasteiger partial charge in [-0.25, -0.2) is 4.98 Å². The summed E-state index contributed by atoms with van der Waals surface area (Å²) < 4.78 is 0.926. The summed E-state index contributed by atoms with van der Waals surface area (Å²) in [5.41, 5.74) is 2.07. The molecule has 5 heteroatoms. The number of nitrogens with one attached hydrogen (secondary N) is 1. The second kappa shape index (κ2) is 6.90. The number of carbonyl (C=O) groups is 1. The Hall–Kier alpha value is -1.33. The monoisotopic (exact) mass is 306 g/mol. The topological polar surface area (TPSA) is 42.0 Å². The van der Waals surface area contributed by atoms with Gasteiger partial charge in [-0.05, 0) is 20.8 Å². The Morgan fingerprint density at radius 3 is 2.60 bits per heavy atom. The van der Waals surface area contributed by atoms with Crippen molar-refractivity contribution in [2.24, 2.45) is 0 Å². The molecule has 0 aliphatic heterocycles. The largest absolute Gasteiger partial charge is 0.353 e. The van der Waals surface area contributed by atoms with Gasteiger partial charge < -0.3 is 5.32 Å². The first kappa shape index (κ1) is 15.1. The summed E-state index contributed by atoms with van der Waals surface area (Å²) >= 11 is 3.09. The summed E-state index contributed by atoms with van der Waals surface area (Å²) in [5, 5.41) is 4.82. The number of thiazole rings is 1. The number of carbonyl (C=O) groups excluding carboxylic acids is 1. The quantitative estimate of drug-likeness (QED) is 0.854. The highest BCUT2D eigenvalue weighted by molar-refractivity contribution is 8.02. The van der Waals surface area contributed by atoms with Crippen LogP contribution >= 0.6 is 23.1 Å². The van der Waals surface area contributed by atoms with Crippen molar-refractivity contribution in [2.75, 3.05) is 0 Å². The molecule has 0 fully saturated rings. The third-order valence-electron chi connectivity index (χ3n) is 2.63. The van der Waals surface area contributed by atoms with Gasteiger partial charge in [-0.3, -0.25) is 4.79 Å². The van der Waals surface area contributed by atoms with Crippen molar-refractivity contribution in [2.45, 2.75) is 36.4 Å². The number of amides is 1. The minimum atomic E-state index is -0.132. The molecule has 0 saturated heterocycles. The molecule has 1 aromatic carbocycles. The molecular formula is C15H18N2OS2. The Labute approximate surface area is 127 Å². The molecule has 1 atom stereocenters. The van der Waals surface area contributed by atoms with E-state index in [9.17, 15) is 4.79 Å². The second-order valence-electron chi connectivity index (χ2n) is 4.79. The summed E-state index contributed by atoms with van der Waals surface area (Å²) in [4.78, 5) is 16.5. The van der Waals surface area contributed by atoms with E-state index < -0.39 is 0 Å². The molecule has 0 spiro atoms. The number of rotatable bonds is 5. The Balaban J connectivity index is 2.01. The first-order chi connectivity index (χ1) is 9.56. The standard InChI is InChI=1S/C15H18N2OS2/c1-10(2)16-14(18)11(3)20-15-17-13(9-19-15)12-7-5-4-6-8-12/h4-11H,1-3H3,(H,16,18).